The summed E-state index contributed by atoms with van der Waals surface area (Å²) < 4.78 is 5.23. The number of hydrogen-bond acceptors (Lipinski definition) is 30. The van der Waals surface area contributed by atoms with Crippen molar-refractivity contribution < 1.29 is 134 Å². The van der Waals surface area contributed by atoms with Crippen LogP contribution in [0.3, 0.4) is 0 Å². The standard InChI is InChI=1S/C23H23NO7.C22H20ClNO7.C21H19NO7.C20H16O6.CH4/c1-8-5-6-11-9(2)12-7-13-17(24)20(31-4)14(10(3)25)21(28)23(13,30)22(29)16(12)19(27)15(11)18(8)26;1-6-4-11(23)12-7(2)9-5-10-16(24)19(28)13(8(3)25)20(29)22(10,31)21(30)14(9)18(27)15(12)17(6)26;1-7-9-4-3-5-12(24)14(9)17(25)15-10(7)6-11-16(22)18(26)13(8(2)23)19(27)21(11,29)20(15)28;1-8(21)14-13(23)7-11-6-10-5-9-3-2-4-12(22)15(9)19(25)16(10)20(26)17(11)18(14)24;/h5-6,13,17,26-27,30H,7,24H2,1-4H3;4,10,16,26-27,29,31H,5,24H2,1-3H3;3-5,11,16,24-25,27,29H,6,22H2,1-2H3;2-6,16,19,22,24-26H,7H2,1H3;1H4/t13?,17-,23-;10?,16-,22-;11?,16-,21-;;/m111../s1. The Morgan fingerprint density at radius 3 is 1.43 bits per heavy atom. The molecule has 9 aliphatic carbocycles. The summed E-state index contributed by atoms with van der Waals surface area (Å²) in [5, 5.41) is 163. The van der Waals surface area contributed by atoms with E-state index in [0.717, 1.165) is 20.8 Å². The van der Waals surface area contributed by atoms with Gasteiger partial charge in [-0.1, -0.05) is 67.6 Å². The molecule has 9 aliphatic rings. The quantitative estimate of drug-likeness (QED) is 0.0588. The van der Waals surface area contributed by atoms with Crippen LogP contribution in [0, 0.1) is 58.3 Å². The van der Waals surface area contributed by atoms with Crippen molar-refractivity contribution in [2.45, 2.75) is 136 Å². The van der Waals surface area contributed by atoms with Crippen LogP contribution in [0.25, 0.3) is 38.4 Å². The van der Waals surface area contributed by atoms with E-state index in [2.05, 4.69) is 0 Å². The van der Waals surface area contributed by atoms with E-state index in [1.165, 1.54) is 32.2 Å². The second kappa shape index (κ2) is 29.3. The molecule has 11 atom stereocenters. The first-order valence-corrected chi connectivity index (χ1v) is 36.9. The Kier molecular flexibility index (Phi) is 21.1. The number of aliphatic hydroxyl groups is 8. The molecule has 7 aromatic carbocycles. The smallest absolute Gasteiger partial charge is 0.209 e. The molecule has 5 unspecified atom stereocenters. The summed E-state index contributed by atoms with van der Waals surface area (Å²) in [6, 6.07) is 10.4. The van der Waals surface area contributed by atoms with Crippen LogP contribution in [-0.2, 0) is 62.4 Å². The van der Waals surface area contributed by atoms with Crippen molar-refractivity contribution in [3.05, 3.63) is 206 Å². The van der Waals surface area contributed by atoms with Gasteiger partial charge in [0.15, 0.2) is 57.3 Å². The Morgan fingerprint density at radius 1 is 0.492 bits per heavy atom. The van der Waals surface area contributed by atoms with Gasteiger partial charge in [-0.05, 0) is 172 Å². The molecule has 0 radical (unpaired) electrons. The molecule has 0 amide bonds. The molecule has 0 aliphatic heterocycles. The number of halogens is 1. The zero-order valence-electron chi connectivity index (χ0n) is 64.0. The Bertz CT molecular complexity index is 6190. The fourth-order valence-corrected chi connectivity index (χ4v) is 18.8. The van der Waals surface area contributed by atoms with Crippen molar-refractivity contribution in [1.29, 1.82) is 0 Å². The zero-order valence-corrected chi connectivity index (χ0v) is 64.8. The minimum absolute atomic E-state index is 0. The van der Waals surface area contributed by atoms with Crippen molar-refractivity contribution in [2.24, 2.45) is 40.9 Å². The molecule has 0 heterocycles. The van der Waals surface area contributed by atoms with Gasteiger partial charge in [-0.15, -0.1) is 0 Å². The van der Waals surface area contributed by atoms with E-state index >= 15 is 0 Å². The third-order valence-electron chi connectivity index (χ3n) is 24.4. The number of aryl methyl sites for hydroxylation is 5. The average molecular weight is 1640 g/mol. The molecule has 0 bridgehead atoms. The van der Waals surface area contributed by atoms with Crippen LogP contribution in [0.5, 0.6) is 40.2 Å². The number of Topliss-reactive ketones (excluding diaryl/α,β-unsaturated/α-hetero) is 11. The molecule has 0 saturated carbocycles. The Hall–Kier alpha value is -12.5. The number of ketones is 11. The molecule has 21 N–H and O–H groups in total. The third-order valence-corrected chi connectivity index (χ3v) is 24.7. The maximum atomic E-state index is 13.6. The van der Waals surface area contributed by atoms with Gasteiger partial charge in [0, 0.05) is 40.1 Å². The van der Waals surface area contributed by atoms with Crippen molar-refractivity contribution in [1.82, 2.24) is 0 Å². The number of methoxy groups -OCH3 is 1. The first kappa shape index (κ1) is 84.9. The molecular weight excluding hydrogens is 1550 g/mol. The molecule has 16 rings (SSSR count). The van der Waals surface area contributed by atoms with Crippen molar-refractivity contribution in [3.63, 3.8) is 0 Å². The van der Waals surface area contributed by atoms with Crippen molar-refractivity contribution in [2.75, 3.05) is 7.11 Å². The van der Waals surface area contributed by atoms with E-state index in [-0.39, 0.29) is 128 Å². The molecule has 614 valence electrons. The topological polar surface area (TPSA) is 579 Å². The number of allylic oxidation sites excluding steroid dienone is 3. The van der Waals surface area contributed by atoms with Crippen LogP contribution in [0.2, 0.25) is 5.02 Å². The lowest BCUT2D eigenvalue weighted by atomic mass is 9.61. The lowest BCUT2D eigenvalue weighted by Crippen LogP contribution is -2.65. The van der Waals surface area contributed by atoms with Gasteiger partial charge in [-0.3, -0.25) is 52.7 Å². The number of phenolic OH excluding ortho intramolecular Hbond substituents is 7. The van der Waals surface area contributed by atoms with E-state index in [0.29, 0.717) is 71.8 Å². The number of benzene rings is 7. The van der Waals surface area contributed by atoms with Crippen LogP contribution >= 0.6 is 11.6 Å². The van der Waals surface area contributed by atoms with Crippen molar-refractivity contribution >= 4 is 114 Å². The number of aromatic hydroxyl groups is 7. The summed E-state index contributed by atoms with van der Waals surface area (Å²) >= 11 is 6.36. The summed E-state index contributed by atoms with van der Waals surface area (Å²) in [5.74, 6) is -19.6. The second-order valence-corrected chi connectivity index (χ2v) is 31.1. The van der Waals surface area contributed by atoms with Gasteiger partial charge in [0.05, 0.1) is 75.7 Å². The van der Waals surface area contributed by atoms with Gasteiger partial charge in [0.2, 0.25) is 23.1 Å². The summed E-state index contributed by atoms with van der Waals surface area (Å²) in [7, 11) is 1.27. The van der Waals surface area contributed by atoms with E-state index in [1.807, 2.05) is 0 Å². The highest BCUT2D eigenvalue weighted by Gasteiger charge is 2.65. The van der Waals surface area contributed by atoms with Gasteiger partial charge in [-0.25, -0.2) is 0 Å². The minimum atomic E-state index is -2.68. The second-order valence-electron chi connectivity index (χ2n) is 30.7. The normalized spacial score (nSPS) is 25.3. The zero-order chi connectivity index (χ0) is 86.3. The Labute approximate surface area is 675 Å². The number of carbonyl (C=O) groups is 11. The molecule has 0 spiro atoms. The SMILES string of the molecule is C.CC(=O)C1=C(O)C2=C(O)C3C(=Cc4cccc(O)c4C3O)C=C2CC1=O.CC(=O)C1=C(O)[C@@]2(O)C(=O)c3c(c(C)c4c(Cl)cc(C)c(O)c4c3O)CC2[C@@H](N)C1=O.CC(=O)C1=C(O)[C@@]2(O)C(=O)c3c(c(C)c4cccc(O)c4c3O)CC2[C@@H](N)C1=O.COC1=C(C(C)=O)C(=O)[C@@]2(O)C(=O)c3c(c(C)c4ccc(C)c(O)c4c3O)CC2[C@H]1N. The van der Waals surface area contributed by atoms with E-state index < -0.39 is 180 Å². The first-order chi connectivity index (χ1) is 54.7. The number of phenols is 7. The van der Waals surface area contributed by atoms with Gasteiger partial charge in [-0.2, -0.15) is 0 Å². The Balaban J connectivity index is 0.000000145. The number of hydrogen-bond donors (Lipinski definition) is 18. The lowest BCUT2D eigenvalue weighted by molar-refractivity contribution is -0.139. The number of fused-ring (bicyclic) bond motifs is 12. The van der Waals surface area contributed by atoms with Gasteiger partial charge < -0.3 is 98.5 Å². The molecule has 118 heavy (non-hydrogen) atoms. The first-order valence-electron chi connectivity index (χ1n) is 36.5. The fraction of sp³-hybridized carbons (Fsp3) is 0.299. The maximum Gasteiger partial charge on any atom is 0.209 e. The largest absolute Gasteiger partial charge is 0.511 e. The molecule has 0 saturated heterocycles. The molecule has 7 aromatic rings. The summed E-state index contributed by atoms with van der Waals surface area (Å²) in [6.07, 6.45) is 1.75. The number of nitrogens with two attached hydrogens (primary N) is 3. The molecule has 30 nitrogen and oxygen atoms in total. The van der Waals surface area contributed by atoms with Crippen LogP contribution < -0.4 is 17.2 Å². The van der Waals surface area contributed by atoms with Crippen LogP contribution in [0.15, 0.2) is 128 Å². The number of ether oxygens (including phenoxy) is 1. The number of carbonyl (C=O) groups excluding carboxylic acids is 11. The number of aliphatic hydroxyl groups excluding tert-OH is 5. The Morgan fingerprint density at radius 2 is 0.932 bits per heavy atom. The lowest BCUT2D eigenvalue weighted by Gasteiger charge is -2.45. The molecule has 0 aromatic heterocycles. The monoisotopic (exact) mass is 1640 g/mol. The van der Waals surface area contributed by atoms with Gasteiger partial charge in [0.1, 0.15) is 91.3 Å². The van der Waals surface area contributed by atoms with Crippen LogP contribution in [0.1, 0.15) is 134 Å². The maximum absolute atomic E-state index is 13.6. The summed E-state index contributed by atoms with van der Waals surface area (Å²) in [5.41, 5.74) is 12.7. The molecular formula is C87H82ClN3O27. The predicted octanol–water partition coefficient (Wildman–Crippen LogP) is 7.43. The minimum Gasteiger partial charge on any atom is -0.511 e. The van der Waals surface area contributed by atoms with E-state index in [9.17, 15) is 129 Å². The van der Waals surface area contributed by atoms with Gasteiger partial charge >= 0.3 is 0 Å². The van der Waals surface area contributed by atoms with Crippen LogP contribution in [-0.4, -0.2) is 182 Å². The van der Waals surface area contributed by atoms with Gasteiger partial charge in [0.25, 0.3) is 0 Å². The average Bonchev–Trinajstić information content (AvgIpc) is 0.705. The van der Waals surface area contributed by atoms with Crippen LogP contribution in [0.4, 0.5) is 0 Å². The summed E-state index contributed by atoms with van der Waals surface area (Å²) in [4.78, 5) is 139. The van der Waals surface area contributed by atoms with Crippen molar-refractivity contribution in [3.8, 4) is 40.2 Å². The summed E-state index contributed by atoms with van der Waals surface area (Å²) in [6.45, 7) is 12.6. The highest BCUT2D eigenvalue weighted by molar-refractivity contribution is 6.37. The predicted molar refractivity (Wildman–Crippen MR) is 423 cm³/mol. The third kappa shape index (κ3) is 11.7. The molecule has 0 fully saturated rings. The number of rotatable bonds is 5. The van der Waals surface area contributed by atoms with E-state index in [4.69, 9.17) is 33.5 Å². The highest BCUT2D eigenvalue weighted by Crippen LogP contribution is 2.57. The fourth-order valence-electron chi connectivity index (χ4n) is 18.4. The highest BCUT2D eigenvalue weighted by atomic mass is 35.5. The molecule has 31 heteroatoms. The van der Waals surface area contributed by atoms with E-state index in [1.54, 1.807) is 83.2 Å².